The van der Waals surface area contributed by atoms with Crippen LogP contribution in [0.15, 0.2) is 12.1 Å². The summed E-state index contributed by atoms with van der Waals surface area (Å²) in [4.78, 5) is 22.1. The number of hydrogen-bond acceptors (Lipinski definition) is 3. The van der Waals surface area contributed by atoms with E-state index in [1.807, 2.05) is 0 Å². The summed E-state index contributed by atoms with van der Waals surface area (Å²) in [7, 11) is 1.13. The fraction of sp³-hybridized carbons (Fsp3) is 0.111. The van der Waals surface area contributed by atoms with Crippen molar-refractivity contribution in [3.8, 4) is 0 Å². The van der Waals surface area contributed by atoms with Gasteiger partial charge in [-0.25, -0.2) is 9.59 Å². The van der Waals surface area contributed by atoms with Gasteiger partial charge in [-0.3, -0.25) is 0 Å². The van der Waals surface area contributed by atoms with Gasteiger partial charge in [-0.1, -0.05) is 23.2 Å². The summed E-state index contributed by atoms with van der Waals surface area (Å²) in [6.45, 7) is 0. The average Bonchev–Trinajstić information content (AvgIpc) is 2.19. The van der Waals surface area contributed by atoms with Gasteiger partial charge in [-0.2, -0.15) is 0 Å². The topological polar surface area (TPSA) is 63.6 Å². The molecular weight excluding hydrogens is 282 g/mol. The Hall–Kier alpha value is 0.376. The molecule has 0 saturated heterocycles. The third-order valence-corrected chi connectivity index (χ3v) is 2.34. The molecule has 1 aromatic rings. The van der Waals surface area contributed by atoms with Gasteiger partial charge in [0, 0.05) is 0 Å². The normalized spacial score (nSPS) is 9.19. The first-order chi connectivity index (χ1) is 6.99. The summed E-state index contributed by atoms with van der Waals surface area (Å²) in [5, 5.41) is 8.79. The number of carboxylic acid groups (broad SMARTS) is 1. The molecule has 0 atom stereocenters. The van der Waals surface area contributed by atoms with E-state index in [4.69, 9.17) is 28.3 Å². The third kappa shape index (κ3) is 3.43. The number of carbonyl (C=O) groups excluding carboxylic acids is 1. The minimum absolute atomic E-state index is 0. The van der Waals surface area contributed by atoms with Crippen LogP contribution in [-0.2, 0) is 4.74 Å². The van der Waals surface area contributed by atoms with Crippen molar-refractivity contribution >= 4 is 86.5 Å². The van der Waals surface area contributed by atoms with E-state index in [0.29, 0.717) is 0 Å². The second-order valence-corrected chi connectivity index (χ2v) is 3.39. The summed E-state index contributed by atoms with van der Waals surface area (Å²) in [5.74, 6) is -2.16. The summed E-state index contributed by atoms with van der Waals surface area (Å²) in [6, 6.07) is 2.64. The molecule has 0 saturated carbocycles. The Morgan fingerprint density at radius 3 is 2.00 bits per heavy atom. The molecule has 7 heteroatoms. The van der Waals surface area contributed by atoms with Crippen molar-refractivity contribution in [3.63, 3.8) is 0 Å². The van der Waals surface area contributed by atoms with Crippen molar-refractivity contribution in [1.82, 2.24) is 0 Å². The number of esters is 1. The second kappa shape index (κ2) is 6.95. The van der Waals surface area contributed by atoms with Gasteiger partial charge in [0.15, 0.2) is 0 Å². The number of aromatic carboxylic acids is 1. The van der Waals surface area contributed by atoms with E-state index in [0.717, 1.165) is 7.11 Å². The first-order valence-electron chi connectivity index (χ1n) is 3.78. The Bertz CT molecular complexity index is 434. The van der Waals surface area contributed by atoms with E-state index in [1.54, 1.807) is 0 Å². The maximum absolute atomic E-state index is 11.3. The SMILES string of the molecule is COC(=O)c1c(Cl)ccc(Cl)c1C(=O)O.[KH]. The quantitative estimate of drug-likeness (QED) is 0.666. The van der Waals surface area contributed by atoms with Crippen molar-refractivity contribution in [1.29, 1.82) is 0 Å². The molecule has 0 aliphatic rings. The van der Waals surface area contributed by atoms with E-state index < -0.39 is 11.9 Å². The van der Waals surface area contributed by atoms with Crippen LogP contribution < -0.4 is 0 Å². The van der Waals surface area contributed by atoms with Crippen LogP contribution in [0.3, 0.4) is 0 Å². The van der Waals surface area contributed by atoms with Gasteiger partial charge < -0.3 is 9.84 Å². The summed E-state index contributed by atoms with van der Waals surface area (Å²) >= 11 is 11.3. The van der Waals surface area contributed by atoms with E-state index >= 15 is 0 Å². The molecule has 0 aromatic heterocycles. The minimum atomic E-state index is -1.33. The molecule has 0 heterocycles. The Morgan fingerprint density at radius 1 is 1.19 bits per heavy atom. The summed E-state index contributed by atoms with van der Waals surface area (Å²) < 4.78 is 4.42. The molecular formula is C9H7Cl2KO4. The first kappa shape index (κ1) is 16.4. The van der Waals surface area contributed by atoms with Crippen LogP contribution in [0.1, 0.15) is 20.7 Å². The zero-order valence-electron chi connectivity index (χ0n) is 7.58. The van der Waals surface area contributed by atoms with E-state index in [-0.39, 0.29) is 72.6 Å². The number of ether oxygens (including phenoxy) is 1. The summed E-state index contributed by atoms with van der Waals surface area (Å²) in [5.41, 5.74) is -0.588. The van der Waals surface area contributed by atoms with Crippen molar-refractivity contribution in [3.05, 3.63) is 33.3 Å². The fourth-order valence-electron chi connectivity index (χ4n) is 1.06. The molecule has 4 nitrogen and oxygen atoms in total. The summed E-state index contributed by atoms with van der Waals surface area (Å²) in [6.07, 6.45) is 0. The van der Waals surface area contributed by atoms with E-state index in [2.05, 4.69) is 4.74 Å². The monoisotopic (exact) mass is 288 g/mol. The van der Waals surface area contributed by atoms with Crippen LogP contribution in [0.4, 0.5) is 0 Å². The van der Waals surface area contributed by atoms with Crippen molar-refractivity contribution in [2.75, 3.05) is 7.11 Å². The molecule has 0 fully saturated rings. The number of carbonyl (C=O) groups is 2. The first-order valence-corrected chi connectivity index (χ1v) is 4.54. The van der Waals surface area contributed by atoms with Gasteiger partial charge in [-0.15, -0.1) is 0 Å². The predicted octanol–water partition coefficient (Wildman–Crippen LogP) is 1.83. The average molecular weight is 289 g/mol. The zero-order valence-corrected chi connectivity index (χ0v) is 9.09. The number of methoxy groups -OCH3 is 1. The molecule has 1 rings (SSSR count). The van der Waals surface area contributed by atoms with Crippen LogP contribution in [0, 0.1) is 0 Å². The van der Waals surface area contributed by atoms with Crippen molar-refractivity contribution in [2.45, 2.75) is 0 Å². The second-order valence-electron chi connectivity index (χ2n) is 2.58. The Labute approximate surface area is 144 Å². The molecule has 0 bridgehead atoms. The van der Waals surface area contributed by atoms with Crippen LogP contribution in [0.2, 0.25) is 10.0 Å². The van der Waals surface area contributed by atoms with Gasteiger partial charge in [0.1, 0.15) is 0 Å². The Morgan fingerprint density at radius 2 is 1.62 bits per heavy atom. The number of rotatable bonds is 2. The molecule has 1 aromatic carbocycles. The van der Waals surface area contributed by atoms with E-state index in [1.165, 1.54) is 12.1 Å². The van der Waals surface area contributed by atoms with E-state index in [9.17, 15) is 9.59 Å². The molecule has 0 spiro atoms. The van der Waals surface area contributed by atoms with Gasteiger partial charge in [-0.05, 0) is 12.1 Å². The molecule has 0 aliphatic carbocycles. The Kier molecular flexibility index (Phi) is 7.12. The maximum atomic E-state index is 11.3. The molecule has 82 valence electrons. The van der Waals surface area contributed by atoms with Crippen LogP contribution in [0.25, 0.3) is 0 Å². The third-order valence-electron chi connectivity index (χ3n) is 1.71. The molecule has 0 unspecified atom stereocenters. The van der Waals surface area contributed by atoms with Crippen LogP contribution >= 0.6 is 23.2 Å². The van der Waals surface area contributed by atoms with Crippen LogP contribution in [0.5, 0.6) is 0 Å². The van der Waals surface area contributed by atoms with Crippen molar-refractivity contribution in [2.24, 2.45) is 0 Å². The number of hydrogen-bond donors (Lipinski definition) is 1. The predicted molar refractivity (Wildman–Crippen MR) is 61.9 cm³/mol. The number of carboxylic acids is 1. The van der Waals surface area contributed by atoms with Gasteiger partial charge in [0.25, 0.3) is 0 Å². The standard InChI is InChI=1S/C9H6Cl2O4.K.H/c1-15-9(14)7-5(11)3-2-4(10)6(7)8(12)13;;/h2-3H,1H3,(H,12,13);;. The molecule has 0 amide bonds. The molecule has 1 N–H and O–H groups in total. The Balaban J connectivity index is 0.00000225. The zero-order chi connectivity index (χ0) is 11.6. The molecule has 0 aliphatic heterocycles. The fourth-order valence-corrected chi connectivity index (χ4v) is 1.54. The number of halogens is 2. The van der Waals surface area contributed by atoms with Gasteiger partial charge in [0.05, 0.1) is 28.3 Å². The molecule has 0 radical (unpaired) electrons. The number of benzene rings is 1. The molecule has 16 heavy (non-hydrogen) atoms. The van der Waals surface area contributed by atoms with Crippen LogP contribution in [-0.4, -0.2) is 75.5 Å². The van der Waals surface area contributed by atoms with Gasteiger partial charge >= 0.3 is 63.3 Å². The van der Waals surface area contributed by atoms with Gasteiger partial charge in [0.2, 0.25) is 0 Å². The van der Waals surface area contributed by atoms with Crippen molar-refractivity contribution < 1.29 is 19.4 Å².